The Kier molecular flexibility index (Phi) is 5.08. The van der Waals surface area contributed by atoms with Gasteiger partial charge in [0.25, 0.3) is 0 Å². The predicted octanol–water partition coefficient (Wildman–Crippen LogP) is 4.61. The number of halogens is 2. The second-order valence-corrected chi connectivity index (χ2v) is 7.43. The lowest BCUT2D eigenvalue weighted by molar-refractivity contribution is 0.176. The van der Waals surface area contributed by atoms with Crippen LogP contribution in [0.2, 0.25) is 0 Å². The fourth-order valence-electron chi connectivity index (χ4n) is 3.07. The summed E-state index contributed by atoms with van der Waals surface area (Å²) in [7, 11) is 0. The molecule has 112 valence electrons. The lowest BCUT2D eigenvalue weighted by Gasteiger charge is -2.44. The molecule has 0 heterocycles. The first-order chi connectivity index (χ1) is 9.44. The second kappa shape index (κ2) is 6.44. The highest BCUT2D eigenvalue weighted by molar-refractivity contribution is 8.00. The first-order valence-corrected chi connectivity index (χ1v) is 8.17. The molecule has 4 heteroatoms. The summed E-state index contributed by atoms with van der Waals surface area (Å²) >= 11 is 1.55. The highest BCUT2D eigenvalue weighted by Gasteiger charge is 2.39. The van der Waals surface area contributed by atoms with Crippen molar-refractivity contribution in [3.63, 3.8) is 0 Å². The highest BCUT2D eigenvalue weighted by atomic mass is 32.2. The van der Waals surface area contributed by atoms with Crippen molar-refractivity contribution in [2.24, 2.45) is 5.41 Å². The molecule has 2 atom stereocenters. The van der Waals surface area contributed by atoms with E-state index in [1.165, 1.54) is 12.5 Å². The molecule has 1 saturated carbocycles. The van der Waals surface area contributed by atoms with E-state index in [-0.39, 0.29) is 5.41 Å². The Labute approximate surface area is 124 Å². The predicted molar refractivity (Wildman–Crippen MR) is 81.1 cm³/mol. The zero-order chi connectivity index (χ0) is 14.8. The first-order valence-electron chi connectivity index (χ1n) is 7.29. The minimum atomic E-state index is -0.515. The number of nitrogens with one attached hydrogen (secondary N) is 1. The van der Waals surface area contributed by atoms with Gasteiger partial charge in [0.05, 0.1) is 0 Å². The molecule has 0 aromatic heterocycles. The lowest BCUT2D eigenvalue weighted by atomic mass is 9.73. The Bertz CT molecular complexity index is 462. The average molecular weight is 299 g/mol. The first kappa shape index (κ1) is 15.8. The molecule has 0 spiro atoms. The number of benzene rings is 1. The van der Waals surface area contributed by atoms with Gasteiger partial charge in [-0.25, -0.2) is 8.78 Å². The maximum atomic E-state index is 13.8. The van der Waals surface area contributed by atoms with Crippen LogP contribution in [-0.4, -0.2) is 17.8 Å². The molecule has 0 amide bonds. The van der Waals surface area contributed by atoms with Crippen molar-refractivity contribution in [3.05, 3.63) is 29.8 Å². The number of hydrogen-bond acceptors (Lipinski definition) is 2. The third-order valence-corrected chi connectivity index (χ3v) is 5.52. The van der Waals surface area contributed by atoms with E-state index in [2.05, 4.69) is 26.1 Å². The molecule has 0 bridgehead atoms. The summed E-state index contributed by atoms with van der Waals surface area (Å²) in [4.78, 5) is 0.553. The smallest absolute Gasteiger partial charge is 0.139 e. The maximum Gasteiger partial charge on any atom is 0.139 e. The summed E-state index contributed by atoms with van der Waals surface area (Å²) in [5.41, 5.74) is 0.211. The Balaban J connectivity index is 2.17. The van der Waals surface area contributed by atoms with E-state index in [0.717, 1.165) is 25.5 Å². The summed E-state index contributed by atoms with van der Waals surface area (Å²) in [5, 5.41) is 3.89. The highest BCUT2D eigenvalue weighted by Crippen LogP contribution is 2.43. The molecule has 1 fully saturated rings. The van der Waals surface area contributed by atoms with Crippen LogP contribution in [0.25, 0.3) is 0 Å². The van der Waals surface area contributed by atoms with Crippen LogP contribution >= 0.6 is 11.8 Å². The molecule has 1 aliphatic rings. The molecule has 1 N–H and O–H groups in total. The van der Waals surface area contributed by atoms with E-state index in [1.54, 1.807) is 17.8 Å². The summed E-state index contributed by atoms with van der Waals surface area (Å²) in [6, 6.07) is 4.22. The zero-order valence-corrected chi connectivity index (χ0v) is 13.2. The van der Waals surface area contributed by atoms with E-state index in [0.29, 0.717) is 16.2 Å². The van der Waals surface area contributed by atoms with Gasteiger partial charge >= 0.3 is 0 Å². The Hall–Kier alpha value is -0.610. The van der Waals surface area contributed by atoms with Crippen LogP contribution in [-0.2, 0) is 0 Å². The Morgan fingerprint density at radius 1 is 1.35 bits per heavy atom. The van der Waals surface area contributed by atoms with Gasteiger partial charge < -0.3 is 5.32 Å². The van der Waals surface area contributed by atoms with Crippen molar-refractivity contribution < 1.29 is 8.78 Å². The van der Waals surface area contributed by atoms with Crippen molar-refractivity contribution in [1.29, 1.82) is 0 Å². The monoisotopic (exact) mass is 299 g/mol. The SMILES string of the molecule is CCNC1C(Sc2ccc(F)cc2F)CCCC1(C)C. The average Bonchev–Trinajstić information content (AvgIpc) is 2.36. The third kappa shape index (κ3) is 3.53. The molecule has 1 nitrogen and oxygen atoms in total. The van der Waals surface area contributed by atoms with Gasteiger partial charge in [-0.3, -0.25) is 0 Å². The Morgan fingerprint density at radius 2 is 2.10 bits per heavy atom. The largest absolute Gasteiger partial charge is 0.313 e. The minimum absolute atomic E-state index is 0.211. The molecule has 0 radical (unpaired) electrons. The summed E-state index contributed by atoms with van der Waals surface area (Å²) in [6.45, 7) is 7.56. The van der Waals surface area contributed by atoms with Crippen molar-refractivity contribution in [2.75, 3.05) is 6.54 Å². The van der Waals surface area contributed by atoms with Crippen LogP contribution in [0.15, 0.2) is 23.1 Å². The number of thioether (sulfide) groups is 1. The molecule has 0 saturated heterocycles. The van der Waals surface area contributed by atoms with Gasteiger partial charge in [0.2, 0.25) is 0 Å². The van der Waals surface area contributed by atoms with E-state index >= 15 is 0 Å². The van der Waals surface area contributed by atoms with Crippen LogP contribution in [0.3, 0.4) is 0 Å². The second-order valence-electron chi connectivity index (χ2n) is 6.15. The van der Waals surface area contributed by atoms with E-state index in [4.69, 9.17) is 0 Å². The van der Waals surface area contributed by atoms with Crippen LogP contribution in [0.1, 0.15) is 40.0 Å². The van der Waals surface area contributed by atoms with Crippen molar-refractivity contribution in [2.45, 2.75) is 56.2 Å². The van der Waals surface area contributed by atoms with E-state index in [9.17, 15) is 8.78 Å². The Morgan fingerprint density at radius 3 is 2.75 bits per heavy atom. The van der Waals surface area contributed by atoms with E-state index in [1.807, 2.05) is 0 Å². The summed E-state index contributed by atoms with van der Waals surface area (Å²) in [6.07, 6.45) is 3.42. The molecular weight excluding hydrogens is 276 g/mol. The van der Waals surface area contributed by atoms with Crippen molar-refractivity contribution in [1.82, 2.24) is 5.32 Å². The van der Waals surface area contributed by atoms with Gasteiger partial charge in [-0.15, -0.1) is 11.8 Å². The lowest BCUT2D eigenvalue weighted by Crippen LogP contribution is -2.51. The molecule has 2 rings (SSSR count). The summed E-state index contributed by atoms with van der Waals surface area (Å²) in [5.74, 6) is -0.965. The quantitative estimate of drug-likeness (QED) is 0.871. The van der Waals surface area contributed by atoms with Gasteiger partial charge in [0.1, 0.15) is 11.6 Å². The fourth-order valence-corrected chi connectivity index (χ4v) is 4.60. The van der Waals surface area contributed by atoms with Crippen LogP contribution in [0.4, 0.5) is 8.78 Å². The normalized spacial score (nSPS) is 25.6. The zero-order valence-electron chi connectivity index (χ0n) is 12.4. The maximum absolute atomic E-state index is 13.8. The molecule has 20 heavy (non-hydrogen) atoms. The molecule has 0 aliphatic heterocycles. The fraction of sp³-hybridized carbons (Fsp3) is 0.625. The van der Waals surface area contributed by atoms with Crippen molar-refractivity contribution >= 4 is 11.8 Å². The molecular formula is C16H23F2NS. The molecule has 1 aromatic rings. The van der Waals surface area contributed by atoms with Crippen LogP contribution < -0.4 is 5.32 Å². The topological polar surface area (TPSA) is 12.0 Å². The minimum Gasteiger partial charge on any atom is -0.313 e. The molecule has 1 aliphatic carbocycles. The van der Waals surface area contributed by atoms with Crippen LogP contribution in [0, 0.1) is 17.0 Å². The van der Waals surface area contributed by atoms with Crippen molar-refractivity contribution in [3.8, 4) is 0 Å². The van der Waals surface area contributed by atoms with Gasteiger partial charge in [-0.1, -0.05) is 27.2 Å². The molecule has 2 unspecified atom stereocenters. The standard InChI is InChI=1S/C16H23F2NS/c1-4-19-15-14(6-5-9-16(15,2)3)20-13-8-7-11(17)10-12(13)18/h7-8,10,14-15,19H,4-6,9H2,1-3H3. The van der Waals surface area contributed by atoms with Gasteiger partial charge in [0.15, 0.2) is 0 Å². The number of rotatable bonds is 4. The third-order valence-electron chi connectivity index (χ3n) is 4.12. The summed E-state index contributed by atoms with van der Waals surface area (Å²) < 4.78 is 26.8. The van der Waals surface area contributed by atoms with Gasteiger partial charge in [-0.05, 0) is 36.9 Å². The molecule has 1 aromatic carbocycles. The van der Waals surface area contributed by atoms with Gasteiger partial charge in [-0.2, -0.15) is 0 Å². The van der Waals surface area contributed by atoms with Gasteiger partial charge in [0, 0.05) is 22.3 Å². The van der Waals surface area contributed by atoms with E-state index < -0.39 is 11.6 Å². The van der Waals surface area contributed by atoms with Crippen LogP contribution in [0.5, 0.6) is 0 Å². The number of hydrogen-bond donors (Lipinski definition) is 1.